The number of fused-ring (bicyclic) bond motifs is 1. The molecule has 2 N–H and O–H groups in total. The molecule has 1 aromatic rings. The van der Waals surface area contributed by atoms with Crippen LogP contribution in [-0.4, -0.2) is 24.5 Å². The Morgan fingerprint density at radius 1 is 1.21 bits per heavy atom. The van der Waals surface area contributed by atoms with Crippen molar-refractivity contribution in [1.82, 2.24) is 10.6 Å². The Labute approximate surface area is 115 Å². The molecule has 1 aliphatic carbocycles. The van der Waals surface area contributed by atoms with Crippen molar-refractivity contribution >= 4 is 5.91 Å². The Kier molecular flexibility index (Phi) is 4.59. The summed E-state index contributed by atoms with van der Waals surface area (Å²) < 4.78 is 0. The van der Waals surface area contributed by atoms with Crippen LogP contribution in [0.3, 0.4) is 0 Å². The maximum atomic E-state index is 11.8. The number of hydrogen-bond donors (Lipinski definition) is 2. The van der Waals surface area contributed by atoms with Crippen LogP contribution >= 0.6 is 0 Å². The van der Waals surface area contributed by atoms with Crippen molar-refractivity contribution in [2.24, 2.45) is 5.92 Å². The number of carbonyl (C=O) groups excluding carboxylic acids is 1. The minimum Gasteiger partial charge on any atom is -0.352 e. The van der Waals surface area contributed by atoms with E-state index in [-0.39, 0.29) is 11.9 Å². The van der Waals surface area contributed by atoms with Crippen LogP contribution in [0, 0.1) is 5.92 Å². The predicted molar refractivity (Wildman–Crippen MR) is 78.1 cm³/mol. The number of benzene rings is 1. The quantitative estimate of drug-likeness (QED) is 0.849. The van der Waals surface area contributed by atoms with Crippen LogP contribution in [0.2, 0.25) is 0 Å². The lowest BCUT2D eigenvalue weighted by molar-refractivity contribution is -0.121. The zero-order valence-corrected chi connectivity index (χ0v) is 12.1. The number of nitrogens with one attached hydrogen (secondary N) is 2. The molecule has 1 aromatic carbocycles. The molecule has 0 saturated heterocycles. The zero-order valence-electron chi connectivity index (χ0n) is 12.1. The van der Waals surface area contributed by atoms with Crippen molar-refractivity contribution < 1.29 is 4.79 Å². The molecule has 104 valence electrons. The highest BCUT2D eigenvalue weighted by atomic mass is 16.1. The van der Waals surface area contributed by atoms with Gasteiger partial charge in [0.15, 0.2) is 0 Å². The van der Waals surface area contributed by atoms with Gasteiger partial charge in [-0.15, -0.1) is 0 Å². The molecule has 0 spiro atoms. The van der Waals surface area contributed by atoms with Crippen LogP contribution in [-0.2, 0) is 17.6 Å². The molecular formula is C16H24N2O. The van der Waals surface area contributed by atoms with E-state index in [0.717, 1.165) is 12.8 Å². The third-order valence-corrected chi connectivity index (χ3v) is 3.99. The molecule has 1 atom stereocenters. The monoisotopic (exact) mass is 260 g/mol. The number of rotatable bonds is 5. The molecule has 1 aliphatic rings. The van der Waals surface area contributed by atoms with E-state index in [4.69, 9.17) is 0 Å². The molecule has 1 amide bonds. The summed E-state index contributed by atoms with van der Waals surface area (Å²) in [6, 6.07) is 9.15. The van der Waals surface area contributed by atoms with Crippen LogP contribution in [0.15, 0.2) is 24.3 Å². The Balaban J connectivity index is 1.75. The van der Waals surface area contributed by atoms with Crippen molar-refractivity contribution in [1.29, 1.82) is 0 Å². The first-order chi connectivity index (χ1) is 9.06. The fraction of sp³-hybridized carbons (Fsp3) is 0.562. The molecule has 0 aliphatic heterocycles. The van der Waals surface area contributed by atoms with E-state index in [0.29, 0.717) is 18.5 Å². The van der Waals surface area contributed by atoms with E-state index in [1.807, 2.05) is 6.92 Å². The van der Waals surface area contributed by atoms with Gasteiger partial charge in [-0.1, -0.05) is 38.1 Å². The maximum absolute atomic E-state index is 11.8. The highest BCUT2D eigenvalue weighted by Crippen LogP contribution is 2.21. The van der Waals surface area contributed by atoms with Crippen molar-refractivity contribution in [3.63, 3.8) is 0 Å². The fourth-order valence-corrected chi connectivity index (χ4v) is 2.41. The lowest BCUT2D eigenvalue weighted by Crippen LogP contribution is -2.44. The molecule has 0 heterocycles. The molecule has 19 heavy (non-hydrogen) atoms. The molecule has 0 fully saturated rings. The molecule has 0 aromatic heterocycles. The topological polar surface area (TPSA) is 41.1 Å². The van der Waals surface area contributed by atoms with Gasteiger partial charge >= 0.3 is 0 Å². The van der Waals surface area contributed by atoms with Crippen molar-refractivity contribution in [3.8, 4) is 0 Å². The number of carbonyl (C=O) groups is 1. The molecule has 1 unspecified atom stereocenters. The Morgan fingerprint density at radius 3 is 2.32 bits per heavy atom. The normalized spacial score (nSPS) is 16.4. The summed E-state index contributed by atoms with van der Waals surface area (Å²) in [4.78, 5) is 11.8. The van der Waals surface area contributed by atoms with E-state index >= 15 is 0 Å². The molecule has 2 rings (SSSR count). The molecule has 0 saturated carbocycles. The maximum Gasteiger partial charge on any atom is 0.234 e. The zero-order chi connectivity index (χ0) is 13.8. The number of hydrogen-bond acceptors (Lipinski definition) is 2. The summed E-state index contributed by atoms with van der Waals surface area (Å²) in [5.41, 5.74) is 2.83. The summed E-state index contributed by atoms with van der Waals surface area (Å²) in [5, 5.41) is 6.38. The molecular weight excluding hydrogens is 236 g/mol. The van der Waals surface area contributed by atoms with Gasteiger partial charge in [0, 0.05) is 12.1 Å². The first-order valence-corrected chi connectivity index (χ1v) is 7.15. The summed E-state index contributed by atoms with van der Waals surface area (Å²) in [5.74, 6) is 0.567. The van der Waals surface area contributed by atoms with Crippen LogP contribution in [0.5, 0.6) is 0 Å². The van der Waals surface area contributed by atoms with E-state index in [1.165, 1.54) is 11.1 Å². The molecule has 3 heteroatoms. The van der Waals surface area contributed by atoms with Crippen molar-refractivity contribution in [2.45, 2.75) is 45.7 Å². The summed E-state index contributed by atoms with van der Waals surface area (Å²) in [6.45, 7) is 6.70. The summed E-state index contributed by atoms with van der Waals surface area (Å²) in [6.07, 6.45) is 2.06. The van der Waals surface area contributed by atoms with Gasteiger partial charge in [-0.2, -0.15) is 0 Å². The van der Waals surface area contributed by atoms with Gasteiger partial charge in [-0.05, 0) is 36.8 Å². The second-order valence-electron chi connectivity index (χ2n) is 5.85. The smallest absolute Gasteiger partial charge is 0.234 e. The Morgan fingerprint density at radius 2 is 1.79 bits per heavy atom. The Bertz CT molecular complexity index is 417. The van der Waals surface area contributed by atoms with Gasteiger partial charge in [-0.25, -0.2) is 0 Å². The van der Waals surface area contributed by atoms with Gasteiger partial charge in [-0.3, -0.25) is 4.79 Å². The van der Waals surface area contributed by atoms with Gasteiger partial charge in [0.1, 0.15) is 0 Å². The Hall–Kier alpha value is -1.35. The molecule has 0 radical (unpaired) electrons. The SMILES string of the molecule is CC(C)C(C)NC(=O)CNC1Cc2ccccc2C1. The second-order valence-corrected chi connectivity index (χ2v) is 5.85. The summed E-state index contributed by atoms with van der Waals surface area (Å²) >= 11 is 0. The highest BCUT2D eigenvalue weighted by molar-refractivity contribution is 5.78. The van der Waals surface area contributed by atoms with Gasteiger partial charge in [0.2, 0.25) is 5.91 Å². The number of amides is 1. The largest absolute Gasteiger partial charge is 0.352 e. The third kappa shape index (κ3) is 3.80. The van der Waals surface area contributed by atoms with E-state index in [1.54, 1.807) is 0 Å². The van der Waals surface area contributed by atoms with E-state index in [9.17, 15) is 4.79 Å². The third-order valence-electron chi connectivity index (χ3n) is 3.99. The standard InChI is InChI=1S/C16H24N2O/c1-11(2)12(3)18-16(19)10-17-15-8-13-6-4-5-7-14(13)9-15/h4-7,11-12,15,17H,8-10H2,1-3H3,(H,18,19). The van der Waals surface area contributed by atoms with Crippen molar-refractivity contribution in [3.05, 3.63) is 35.4 Å². The van der Waals surface area contributed by atoms with E-state index < -0.39 is 0 Å². The lowest BCUT2D eigenvalue weighted by atomic mass is 10.1. The van der Waals surface area contributed by atoms with Crippen LogP contribution in [0.1, 0.15) is 31.9 Å². The van der Waals surface area contributed by atoms with Gasteiger partial charge in [0.25, 0.3) is 0 Å². The molecule has 3 nitrogen and oxygen atoms in total. The average molecular weight is 260 g/mol. The lowest BCUT2D eigenvalue weighted by Gasteiger charge is -2.18. The predicted octanol–water partition coefficient (Wildman–Crippen LogP) is 1.90. The van der Waals surface area contributed by atoms with Gasteiger partial charge in [0.05, 0.1) is 6.54 Å². The van der Waals surface area contributed by atoms with E-state index in [2.05, 4.69) is 48.7 Å². The van der Waals surface area contributed by atoms with Gasteiger partial charge < -0.3 is 10.6 Å². The minimum atomic E-state index is 0.0946. The minimum absolute atomic E-state index is 0.0946. The average Bonchev–Trinajstić information content (AvgIpc) is 2.78. The first kappa shape index (κ1) is 14.1. The highest BCUT2D eigenvalue weighted by Gasteiger charge is 2.21. The van der Waals surface area contributed by atoms with Crippen LogP contribution in [0.4, 0.5) is 0 Å². The van der Waals surface area contributed by atoms with Crippen LogP contribution in [0.25, 0.3) is 0 Å². The van der Waals surface area contributed by atoms with Crippen molar-refractivity contribution in [2.75, 3.05) is 6.54 Å². The second kappa shape index (κ2) is 6.20. The first-order valence-electron chi connectivity index (χ1n) is 7.15. The molecule has 0 bridgehead atoms. The summed E-state index contributed by atoms with van der Waals surface area (Å²) in [7, 11) is 0. The van der Waals surface area contributed by atoms with Crippen LogP contribution < -0.4 is 10.6 Å². The fourth-order valence-electron chi connectivity index (χ4n) is 2.41.